The zero-order valence-electron chi connectivity index (χ0n) is 8.23. The molecule has 0 aliphatic rings. The van der Waals surface area contributed by atoms with Crippen molar-refractivity contribution in [2.45, 2.75) is 25.3 Å². The van der Waals surface area contributed by atoms with E-state index < -0.39 is 13.0 Å². The number of aromatic nitrogens is 1. The Kier molecular flexibility index (Phi) is 5.67. The number of nitrogens with two attached hydrogens (primary N) is 1. The third kappa shape index (κ3) is 5.76. The molecule has 3 nitrogen and oxygen atoms in total. The third-order valence-corrected chi connectivity index (χ3v) is 2.60. The van der Waals surface area contributed by atoms with Gasteiger partial charge in [0, 0.05) is 30.6 Å². The lowest BCUT2D eigenvalue weighted by Crippen LogP contribution is -2.25. The standard InChI is InChI=1S/C9H14F2N2OS/c10-8(11)6-14-3-1-7(12)5-9-13-2-4-15-9/h2,4,7-8H,1,3,5-6,12H2. The van der Waals surface area contributed by atoms with Gasteiger partial charge in [-0.15, -0.1) is 11.3 Å². The van der Waals surface area contributed by atoms with E-state index in [9.17, 15) is 8.78 Å². The Labute approximate surface area is 91.3 Å². The maximum atomic E-state index is 11.7. The molecule has 0 bridgehead atoms. The zero-order chi connectivity index (χ0) is 11.1. The number of thiazole rings is 1. The molecule has 6 heteroatoms. The lowest BCUT2D eigenvalue weighted by atomic mass is 10.2. The number of rotatable bonds is 7. The normalized spacial score (nSPS) is 13.3. The van der Waals surface area contributed by atoms with Crippen LogP contribution in [0.3, 0.4) is 0 Å². The van der Waals surface area contributed by atoms with Crippen molar-refractivity contribution < 1.29 is 13.5 Å². The van der Waals surface area contributed by atoms with Gasteiger partial charge in [0.05, 0.1) is 5.01 Å². The van der Waals surface area contributed by atoms with E-state index in [-0.39, 0.29) is 12.6 Å². The van der Waals surface area contributed by atoms with Crippen LogP contribution in [-0.2, 0) is 11.2 Å². The molecule has 15 heavy (non-hydrogen) atoms. The Hall–Kier alpha value is -0.590. The molecule has 1 aromatic rings. The fourth-order valence-electron chi connectivity index (χ4n) is 1.09. The van der Waals surface area contributed by atoms with Gasteiger partial charge in [-0.2, -0.15) is 0 Å². The first-order valence-electron chi connectivity index (χ1n) is 4.68. The van der Waals surface area contributed by atoms with Crippen LogP contribution in [-0.4, -0.2) is 30.7 Å². The summed E-state index contributed by atoms with van der Waals surface area (Å²) in [5, 5.41) is 2.85. The van der Waals surface area contributed by atoms with Crippen molar-refractivity contribution in [2.75, 3.05) is 13.2 Å². The van der Waals surface area contributed by atoms with Crippen LogP contribution < -0.4 is 5.73 Å². The Balaban J connectivity index is 2.06. The van der Waals surface area contributed by atoms with Crippen molar-refractivity contribution >= 4 is 11.3 Å². The topological polar surface area (TPSA) is 48.1 Å². The zero-order valence-corrected chi connectivity index (χ0v) is 9.05. The molecular formula is C9H14F2N2OS. The van der Waals surface area contributed by atoms with Gasteiger partial charge in [0.1, 0.15) is 6.61 Å². The monoisotopic (exact) mass is 236 g/mol. The first-order chi connectivity index (χ1) is 7.18. The summed E-state index contributed by atoms with van der Waals surface area (Å²) in [6.45, 7) is -0.235. The van der Waals surface area contributed by atoms with Crippen LogP contribution in [0, 0.1) is 0 Å². The molecule has 1 rings (SSSR count). The van der Waals surface area contributed by atoms with Crippen molar-refractivity contribution in [3.63, 3.8) is 0 Å². The second-order valence-corrected chi connectivity index (χ2v) is 4.12. The van der Waals surface area contributed by atoms with Gasteiger partial charge in [0.15, 0.2) is 0 Å². The first-order valence-corrected chi connectivity index (χ1v) is 5.56. The number of ether oxygens (including phenoxy) is 1. The van der Waals surface area contributed by atoms with E-state index in [1.807, 2.05) is 5.38 Å². The first kappa shape index (κ1) is 12.5. The molecule has 0 aliphatic carbocycles. The third-order valence-electron chi connectivity index (χ3n) is 1.80. The SMILES string of the molecule is NC(CCOCC(F)F)Cc1nccs1. The minimum absolute atomic E-state index is 0.0752. The van der Waals surface area contributed by atoms with Crippen molar-refractivity contribution in [3.8, 4) is 0 Å². The van der Waals surface area contributed by atoms with Gasteiger partial charge in [-0.1, -0.05) is 0 Å². The number of alkyl halides is 2. The maximum absolute atomic E-state index is 11.7. The summed E-state index contributed by atoms with van der Waals surface area (Å²) in [4.78, 5) is 4.09. The Morgan fingerprint density at radius 1 is 1.53 bits per heavy atom. The second-order valence-electron chi connectivity index (χ2n) is 3.14. The van der Waals surface area contributed by atoms with Gasteiger partial charge < -0.3 is 10.5 Å². The van der Waals surface area contributed by atoms with E-state index in [1.165, 1.54) is 0 Å². The second kappa shape index (κ2) is 6.81. The lowest BCUT2D eigenvalue weighted by Gasteiger charge is -2.09. The van der Waals surface area contributed by atoms with Crippen molar-refractivity contribution in [1.82, 2.24) is 4.98 Å². The molecule has 86 valence electrons. The summed E-state index contributed by atoms with van der Waals surface area (Å²) in [5.74, 6) is 0. The van der Waals surface area contributed by atoms with Gasteiger partial charge in [0.25, 0.3) is 6.43 Å². The summed E-state index contributed by atoms with van der Waals surface area (Å²) >= 11 is 1.54. The molecule has 0 saturated carbocycles. The summed E-state index contributed by atoms with van der Waals surface area (Å²) in [6.07, 6.45) is 0.572. The van der Waals surface area contributed by atoms with Crippen molar-refractivity contribution in [2.24, 2.45) is 5.73 Å². The van der Waals surface area contributed by atoms with Crippen molar-refractivity contribution in [1.29, 1.82) is 0 Å². The molecule has 0 aromatic carbocycles. The number of nitrogens with zero attached hydrogens (tertiary/aromatic N) is 1. The molecule has 0 amide bonds. The van der Waals surface area contributed by atoms with E-state index in [2.05, 4.69) is 4.98 Å². The van der Waals surface area contributed by atoms with Crippen LogP contribution in [0.15, 0.2) is 11.6 Å². The maximum Gasteiger partial charge on any atom is 0.261 e. The summed E-state index contributed by atoms with van der Waals surface area (Å²) in [5.41, 5.74) is 5.78. The number of hydrogen-bond donors (Lipinski definition) is 1. The Bertz CT molecular complexity index is 257. The number of hydrogen-bond acceptors (Lipinski definition) is 4. The van der Waals surface area contributed by atoms with Crippen LogP contribution in [0.25, 0.3) is 0 Å². The molecule has 0 saturated heterocycles. The minimum atomic E-state index is -2.40. The van der Waals surface area contributed by atoms with Gasteiger partial charge in [-0.3, -0.25) is 0 Å². The van der Waals surface area contributed by atoms with E-state index in [4.69, 9.17) is 10.5 Å². The average molecular weight is 236 g/mol. The van der Waals surface area contributed by atoms with E-state index >= 15 is 0 Å². The van der Waals surface area contributed by atoms with E-state index in [0.29, 0.717) is 12.8 Å². The predicted molar refractivity (Wildman–Crippen MR) is 55.2 cm³/mol. The molecule has 0 fully saturated rings. The lowest BCUT2D eigenvalue weighted by molar-refractivity contribution is 0.0153. The highest BCUT2D eigenvalue weighted by atomic mass is 32.1. The minimum Gasteiger partial charge on any atom is -0.375 e. The largest absolute Gasteiger partial charge is 0.375 e. The fourth-order valence-corrected chi connectivity index (χ4v) is 1.80. The molecule has 1 unspecified atom stereocenters. The molecule has 1 heterocycles. The smallest absolute Gasteiger partial charge is 0.261 e. The average Bonchev–Trinajstić information content (AvgIpc) is 2.64. The van der Waals surface area contributed by atoms with Crippen LogP contribution in [0.1, 0.15) is 11.4 Å². The molecule has 0 radical (unpaired) electrons. The predicted octanol–water partition coefficient (Wildman–Crippen LogP) is 1.68. The Morgan fingerprint density at radius 2 is 2.33 bits per heavy atom. The highest BCUT2D eigenvalue weighted by molar-refractivity contribution is 7.09. The molecule has 1 atom stereocenters. The Morgan fingerprint density at radius 3 is 2.93 bits per heavy atom. The van der Waals surface area contributed by atoms with Gasteiger partial charge in [-0.05, 0) is 6.42 Å². The molecule has 2 N–H and O–H groups in total. The van der Waals surface area contributed by atoms with Crippen LogP contribution >= 0.6 is 11.3 Å². The van der Waals surface area contributed by atoms with Gasteiger partial charge in [-0.25, -0.2) is 13.8 Å². The molecular weight excluding hydrogens is 222 g/mol. The van der Waals surface area contributed by atoms with E-state index in [0.717, 1.165) is 5.01 Å². The van der Waals surface area contributed by atoms with Crippen LogP contribution in [0.2, 0.25) is 0 Å². The van der Waals surface area contributed by atoms with Crippen LogP contribution in [0.5, 0.6) is 0 Å². The quantitative estimate of drug-likeness (QED) is 0.733. The van der Waals surface area contributed by atoms with Crippen LogP contribution in [0.4, 0.5) is 8.78 Å². The van der Waals surface area contributed by atoms with Crippen molar-refractivity contribution in [3.05, 3.63) is 16.6 Å². The highest BCUT2D eigenvalue weighted by Gasteiger charge is 2.07. The highest BCUT2D eigenvalue weighted by Crippen LogP contribution is 2.07. The molecule has 0 spiro atoms. The number of halogens is 2. The fraction of sp³-hybridized carbons (Fsp3) is 0.667. The van der Waals surface area contributed by atoms with E-state index in [1.54, 1.807) is 17.5 Å². The molecule has 1 aromatic heterocycles. The summed E-state index contributed by atoms with van der Waals surface area (Å²) < 4.78 is 28.1. The molecule has 0 aliphatic heterocycles. The van der Waals surface area contributed by atoms with Gasteiger partial charge in [0.2, 0.25) is 0 Å². The van der Waals surface area contributed by atoms with Gasteiger partial charge >= 0.3 is 0 Å². The summed E-state index contributed by atoms with van der Waals surface area (Å²) in [7, 11) is 0. The summed E-state index contributed by atoms with van der Waals surface area (Å²) in [6, 6.07) is -0.0752.